The van der Waals surface area contributed by atoms with Crippen LogP contribution in [0.3, 0.4) is 0 Å². The number of carbonyl (C=O) groups excluding carboxylic acids is 3. The third-order valence-corrected chi connectivity index (χ3v) is 11.9. The van der Waals surface area contributed by atoms with E-state index in [2.05, 4.69) is 4.85 Å². The highest BCUT2D eigenvalue weighted by Crippen LogP contribution is 2.43. The van der Waals surface area contributed by atoms with Gasteiger partial charge in [-0.2, -0.15) is 23.5 Å². The molecule has 0 unspecified atom stereocenters. The van der Waals surface area contributed by atoms with Crippen molar-refractivity contribution in [3.8, 4) is 17.6 Å². The minimum absolute atomic E-state index is 0.0514. The number of ether oxygens (including phenoxy) is 2. The van der Waals surface area contributed by atoms with Crippen molar-refractivity contribution in [2.45, 2.75) is 76.6 Å². The number of hydrogen-bond acceptors (Lipinski definition) is 9. The van der Waals surface area contributed by atoms with Gasteiger partial charge in [-0.3, -0.25) is 19.2 Å². The summed E-state index contributed by atoms with van der Waals surface area (Å²) in [5, 5.41) is 25.6. The number of halogens is 4. The molecule has 1 aliphatic carbocycles. The van der Waals surface area contributed by atoms with Crippen LogP contribution in [0.2, 0.25) is 0 Å². The van der Waals surface area contributed by atoms with Crippen LogP contribution in [0, 0.1) is 29.6 Å². The molecule has 2 aliphatic rings. The largest absolute Gasteiger partial charge is 0.505 e. The van der Waals surface area contributed by atoms with Gasteiger partial charge in [0, 0.05) is 56.9 Å². The summed E-state index contributed by atoms with van der Waals surface area (Å²) in [5.74, 6) is -1.83. The first kappa shape index (κ1) is 47.8. The molecule has 0 spiro atoms. The number of carbonyl (C=O) groups is 3. The summed E-state index contributed by atoms with van der Waals surface area (Å²) in [6.07, 6.45) is -1.53. The molecule has 4 aromatic carbocycles. The number of aromatic nitrogens is 2. The molecule has 13 nitrogen and oxygen atoms in total. The van der Waals surface area contributed by atoms with Gasteiger partial charge in [0.1, 0.15) is 23.9 Å². The Morgan fingerprint density at radius 3 is 2.25 bits per heavy atom. The second kappa shape index (κ2) is 20.6. The molecule has 1 aliphatic heterocycles. The number of nitrogens with zero attached hydrogens (tertiary/aromatic N) is 6. The van der Waals surface area contributed by atoms with Gasteiger partial charge in [0.15, 0.2) is 11.4 Å². The number of piperazine rings is 1. The quantitative estimate of drug-likeness (QED) is 0.0525. The number of aliphatic hydroxyl groups is 1. The number of alkyl halides is 3. The molecule has 0 radical (unpaired) electrons. The molecule has 2 heterocycles. The Kier molecular flexibility index (Phi) is 14.7. The van der Waals surface area contributed by atoms with Crippen LogP contribution in [0.25, 0.3) is 15.6 Å². The number of amides is 2. The van der Waals surface area contributed by atoms with E-state index in [0.29, 0.717) is 85.5 Å². The number of fused-ring (bicyclic) bond motifs is 1. The summed E-state index contributed by atoms with van der Waals surface area (Å²) in [7, 11) is 0. The van der Waals surface area contributed by atoms with Crippen molar-refractivity contribution in [2.75, 3.05) is 39.4 Å². The molecule has 1 saturated heterocycles. The van der Waals surface area contributed by atoms with E-state index in [9.17, 15) is 37.5 Å². The zero-order valence-corrected chi connectivity index (χ0v) is 36.8. The van der Waals surface area contributed by atoms with Gasteiger partial charge >= 0.3 is 6.18 Å². The Morgan fingerprint density at radius 2 is 1.58 bits per heavy atom. The number of rotatable bonds is 18. The maximum absolute atomic E-state index is 15.1. The van der Waals surface area contributed by atoms with E-state index >= 15 is 4.39 Å². The average Bonchev–Trinajstić information content (AvgIpc) is 4.18. The van der Waals surface area contributed by atoms with Crippen LogP contribution in [-0.2, 0) is 35.2 Å². The molecule has 1 atom stereocenters. The van der Waals surface area contributed by atoms with E-state index in [1.54, 1.807) is 40.1 Å². The summed E-state index contributed by atoms with van der Waals surface area (Å²) in [4.78, 5) is 59.1. The van der Waals surface area contributed by atoms with Crippen LogP contribution in [0.1, 0.15) is 83.8 Å². The monoisotopic (exact) mass is 920 g/mol. The number of Topliss-reactive ketones (excluding diaryl/α,β-unsaturated/α-hetero) is 1. The minimum Gasteiger partial charge on any atom is -0.505 e. The van der Waals surface area contributed by atoms with E-state index in [4.69, 9.17) is 26.4 Å². The fourth-order valence-electron chi connectivity index (χ4n) is 7.93. The van der Waals surface area contributed by atoms with Gasteiger partial charge < -0.3 is 24.4 Å². The normalized spacial score (nSPS) is 14.8. The van der Waals surface area contributed by atoms with Gasteiger partial charge in [0.25, 0.3) is 11.5 Å². The van der Waals surface area contributed by atoms with Gasteiger partial charge in [-0.1, -0.05) is 43.2 Å². The van der Waals surface area contributed by atoms with Crippen LogP contribution in [-0.4, -0.2) is 87.3 Å². The first-order valence-electron chi connectivity index (χ1n) is 22.0. The maximum Gasteiger partial charge on any atom is 0.407 e. The van der Waals surface area contributed by atoms with E-state index < -0.39 is 53.6 Å². The van der Waals surface area contributed by atoms with Crippen LogP contribution in [0.15, 0.2) is 83.7 Å². The van der Waals surface area contributed by atoms with Crippen molar-refractivity contribution in [2.24, 2.45) is 5.92 Å². The molecule has 0 bridgehead atoms. The Morgan fingerprint density at radius 1 is 0.896 bits per heavy atom. The highest BCUT2D eigenvalue weighted by atomic mass is 19.4. The summed E-state index contributed by atoms with van der Waals surface area (Å²) >= 11 is 0. The number of aryl methyl sites for hydroxylation is 1. The highest BCUT2D eigenvalue weighted by Gasteiger charge is 2.38. The lowest BCUT2D eigenvalue weighted by molar-refractivity contribution is -0.138. The summed E-state index contributed by atoms with van der Waals surface area (Å²) in [6.45, 7) is 9.79. The van der Waals surface area contributed by atoms with Gasteiger partial charge in [0.05, 0.1) is 47.0 Å². The van der Waals surface area contributed by atoms with Crippen LogP contribution in [0.5, 0.6) is 11.5 Å². The second-order valence-corrected chi connectivity index (χ2v) is 17.1. The molecule has 1 saturated carbocycles. The third-order valence-electron chi connectivity index (χ3n) is 11.9. The number of hydrogen-bond donors (Lipinski definition) is 1. The molecule has 348 valence electrons. The predicted octanol–water partition coefficient (Wildman–Crippen LogP) is 7.84. The van der Waals surface area contributed by atoms with Crippen molar-refractivity contribution in [1.82, 2.24) is 19.6 Å². The van der Waals surface area contributed by atoms with Crippen molar-refractivity contribution < 1.29 is 46.5 Å². The summed E-state index contributed by atoms with van der Waals surface area (Å²) in [5.41, 5.74) is -3.07. The first-order valence-corrected chi connectivity index (χ1v) is 22.0. The number of unbranched alkanes of at least 4 members (excludes halogenated alkanes) is 3. The van der Waals surface area contributed by atoms with Crippen LogP contribution >= 0.6 is 0 Å². The Balaban J connectivity index is 0.950. The summed E-state index contributed by atoms with van der Waals surface area (Å²) in [6, 6.07) is 21.1. The van der Waals surface area contributed by atoms with E-state index in [1.807, 2.05) is 6.07 Å². The lowest BCUT2D eigenvalue weighted by Gasteiger charge is -2.35. The molecule has 67 heavy (non-hydrogen) atoms. The molecule has 1 aromatic heterocycles. The minimum atomic E-state index is -4.94. The lowest BCUT2D eigenvalue weighted by atomic mass is 9.94. The molecule has 2 fully saturated rings. The smallest absolute Gasteiger partial charge is 0.407 e. The van der Waals surface area contributed by atoms with Crippen molar-refractivity contribution >= 4 is 34.1 Å². The molecular formula is C50H48F4N6O7. The molecule has 1 N–H and O–H groups in total. The zero-order valence-electron chi connectivity index (χ0n) is 36.8. The molecule has 7 rings (SSSR count). The molecule has 2 amide bonds. The fourth-order valence-corrected chi connectivity index (χ4v) is 7.93. The third kappa shape index (κ3) is 11.7. The molecule has 17 heteroatoms. The van der Waals surface area contributed by atoms with Crippen LogP contribution in [0.4, 0.5) is 23.2 Å². The lowest BCUT2D eigenvalue weighted by Crippen LogP contribution is -2.51. The van der Waals surface area contributed by atoms with Gasteiger partial charge in [-0.05, 0) is 92.3 Å². The van der Waals surface area contributed by atoms with E-state index in [1.165, 1.54) is 54.1 Å². The zero-order chi connectivity index (χ0) is 47.9. The Hall–Kier alpha value is -7.11. The SMILES string of the molecule is [C-]#[N+]c1c(OCCCCCCn2nc(Cc3ccc(F)c(C(=O)N4CCN(C(=O)C5CC5)CC4)c3)c3ccccc3c2=O)cc(CC(=O)[C@](C)(O)COc2ccc(C#N)cc2)cc1C(F)(F)F. The van der Waals surface area contributed by atoms with E-state index in [0.717, 1.165) is 12.8 Å². The maximum atomic E-state index is 15.1. The van der Waals surface area contributed by atoms with Crippen molar-refractivity contribution in [3.05, 3.63) is 140 Å². The molecular weight excluding hydrogens is 873 g/mol. The van der Waals surface area contributed by atoms with Crippen molar-refractivity contribution in [3.63, 3.8) is 0 Å². The number of ketones is 1. The highest BCUT2D eigenvalue weighted by molar-refractivity contribution is 5.95. The first-order chi connectivity index (χ1) is 32.1. The second-order valence-electron chi connectivity index (χ2n) is 17.1. The van der Waals surface area contributed by atoms with E-state index in [-0.39, 0.29) is 59.6 Å². The van der Waals surface area contributed by atoms with Gasteiger partial charge in [0.2, 0.25) is 11.6 Å². The number of benzene rings is 4. The topological polar surface area (TPSA) is 159 Å². The molecule has 5 aromatic rings. The Bertz CT molecular complexity index is 2800. The number of nitriles is 1. The van der Waals surface area contributed by atoms with Crippen molar-refractivity contribution in [1.29, 1.82) is 5.26 Å². The van der Waals surface area contributed by atoms with Gasteiger partial charge in [-0.25, -0.2) is 13.9 Å². The standard InChI is InChI=1S/C50H48F4N6O7/c1-49(65,31-67-36-16-11-32(30-55)12-17-36)44(61)29-34-26-40(50(52,53)54)45(56-2)43(28-34)66-24-8-4-3-7-19-60-48(64)38-10-6-5-9-37(38)42(57-60)27-33-13-18-41(51)39(25-33)47(63)59-22-20-58(21-23-59)46(62)35-14-15-35/h5-6,9-13,16-18,25-26,28,35,65H,3-4,7-8,14-15,19-24,27,29,31H2,1H3/t49-/m1/s1. The average molecular weight is 921 g/mol. The summed E-state index contributed by atoms with van der Waals surface area (Å²) < 4.78 is 70.3. The van der Waals surface area contributed by atoms with Gasteiger partial charge in [-0.15, -0.1) is 0 Å². The predicted molar refractivity (Wildman–Crippen MR) is 238 cm³/mol. The Labute approximate surface area is 383 Å². The van der Waals surface area contributed by atoms with Crippen LogP contribution < -0.4 is 15.0 Å². The fraction of sp³-hybridized carbons (Fsp3) is 0.380.